The molecule has 0 radical (unpaired) electrons. The summed E-state index contributed by atoms with van der Waals surface area (Å²) in [5.74, 6) is -0.439. The summed E-state index contributed by atoms with van der Waals surface area (Å²) in [7, 11) is 0. The minimum atomic E-state index is -0.439. The number of hydrazine groups is 1. The predicted molar refractivity (Wildman–Crippen MR) is 86.4 cm³/mol. The van der Waals surface area contributed by atoms with Crippen molar-refractivity contribution in [3.8, 4) is 0 Å². The summed E-state index contributed by atoms with van der Waals surface area (Å²) in [6.45, 7) is 2.01. The van der Waals surface area contributed by atoms with E-state index in [0.717, 1.165) is 16.1 Å². The molecule has 0 spiro atoms. The number of rotatable bonds is 2. The molecule has 4 rings (SSSR count). The Morgan fingerprint density at radius 2 is 2.13 bits per heavy atom. The Morgan fingerprint density at radius 3 is 2.87 bits per heavy atom. The van der Waals surface area contributed by atoms with E-state index in [-0.39, 0.29) is 6.04 Å². The first kappa shape index (κ1) is 14.1. The Hall–Kier alpha value is -2.51. The molecule has 1 atom stereocenters. The SMILES string of the molecule is Cc1ccc(N2NOC(=O)C2=C2CC(c3cccs3)N=N2)cc1. The van der Waals surface area contributed by atoms with Crippen molar-refractivity contribution in [1.82, 2.24) is 5.59 Å². The first-order valence-corrected chi connectivity index (χ1v) is 8.11. The lowest BCUT2D eigenvalue weighted by Gasteiger charge is -2.16. The van der Waals surface area contributed by atoms with Crippen LogP contribution >= 0.6 is 11.3 Å². The standard InChI is InChI=1S/C16H14N4O2S/c1-10-4-6-11(7-5-10)20-15(16(21)22-19-20)13-9-12(17-18-13)14-3-2-8-23-14/h2-8,12,19H,9H2,1H3. The molecule has 1 N–H and O–H groups in total. The van der Waals surface area contributed by atoms with E-state index in [1.807, 2.05) is 48.7 Å². The first-order valence-electron chi connectivity index (χ1n) is 7.23. The van der Waals surface area contributed by atoms with E-state index in [1.54, 1.807) is 16.3 Å². The van der Waals surface area contributed by atoms with Gasteiger partial charge in [-0.05, 0) is 30.5 Å². The van der Waals surface area contributed by atoms with Gasteiger partial charge in [-0.2, -0.15) is 10.2 Å². The molecule has 0 bridgehead atoms. The molecule has 2 aliphatic rings. The highest BCUT2D eigenvalue weighted by atomic mass is 32.1. The Bertz CT molecular complexity index is 796. The largest absolute Gasteiger partial charge is 0.378 e. The molecule has 1 saturated heterocycles. The van der Waals surface area contributed by atoms with Crippen LogP contribution in [0.25, 0.3) is 0 Å². The van der Waals surface area contributed by atoms with Gasteiger partial charge >= 0.3 is 5.97 Å². The average Bonchev–Trinajstić information content (AvgIpc) is 3.27. The van der Waals surface area contributed by atoms with E-state index in [9.17, 15) is 4.79 Å². The Balaban J connectivity index is 1.67. The number of anilines is 1. The molecule has 0 saturated carbocycles. The fraction of sp³-hybridized carbons (Fsp3) is 0.188. The molecule has 1 aromatic heterocycles. The quantitative estimate of drug-likeness (QED) is 0.856. The second-order valence-corrected chi connectivity index (χ2v) is 6.38. The molecule has 23 heavy (non-hydrogen) atoms. The maximum Gasteiger partial charge on any atom is 0.378 e. The van der Waals surface area contributed by atoms with E-state index < -0.39 is 5.97 Å². The molecule has 3 heterocycles. The first-order chi connectivity index (χ1) is 11.2. The summed E-state index contributed by atoms with van der Waals surface area (Å²) in [6.07, 6.45) is 0.592. The van der Waals surface area contributed by atoms with E-state index in [2.05, 4.69) is 15.8 Å². The molecular formula is C16H14N4O2S. The highest BCUT2D eigenvalue weighted by molar-refractivity contribution is 7.10. The van der Waals surface area contributed by atoms with Crippen LogP contribution in [-0.2, 0) is 9.63 Å². The monoisotopic (exact) mass is 326 g/mol. The molecule has 1 aromatic carbocycles. The Labute approximate surface area is 137 Å². The van der Waals surface area contributed by atoms with Crippen LogP contribution in [-0.4, -0.2) is 5.97 Å². The maximum atomic E-state index is 12.1. The molecule has 6 nitrogen and oxygen atoms in total. The topological polar surface area (TPSA) is 66.3 Å². The van der Waals surface area contributed by atoms with Gasteiger partial charge in [-0.3, -0.25) is 0 Å². The normalized spacial score (nSPS) is 23.6. The highest BCUT2D eigenvalue weighted by Crippen LogP contribution is 2.38. The number of hydrogen-bond donors (Lipinski definition) is 1. The van der Waals surface area contributed by atoms with Gasteiger partial charge in [0.05, 0.1) is 11.4 Å². The number of nitrogens with zero attached hydrogens (tertiary/aromatic N) is 3. The van der Waals surface area contributed by atoms with Crippen molar-refractivity contribution in [3.63, 3.8) is 0 Å². The lowest BCUT2D eigenvalue weighted by Crippen LogP contribution is -2.29. The zero-order chi connectivity index (χ0) is 15.8. The van der Waals surface area contributed by atoms with Crippen molar-refractivity contribution in [2.75, 3.05) is 5.01 Å². The number of aryl methyl sites for hydroxylation is 1. The minimum Gasteiger partial charge on any atom is -0.345 e. The second kappa shape index (κ2) is 5.60. The van der Waals surface area contributed by atoms with Crippen LogP contribution < -0.4 is 10.6 Å². The number of thiophene rings is 1. The van der Waals surface area contributed by atoms with Crippen LogP contribution in [0.3, 0.4) is 0 Å². The van der Waals surface area contributed by atoms with Crippen molar-refractivity contribution < 1.29 is 9.63 Å². The van der Waals surface area contributed by atoms with Crippen LogP contribution in [0.1, 0.15) is 22.9 Å². The number of carbonyl (C=O) groups is 1. The molecule has 1 unspecified atom stereocenters. The molecule has 2 aliphatic heterocycles. The van der Waals surface area contributed by atoms with Crippen LogP contribution in [0.2, 0.25) is 0 Å². The average molecular weight is 326 g/mol. The van der Waals surface area contributed by atoms with Crippen LogP contribution in [0.4, 0.5) is 5.69 Å². The van der Waals surface area contributed by atoms with Gasteiger partial charge in [0.2, 0.25) is 0 Å². The molecule has 7 heteroatoms. The van der Waals surface area contributed by atoms with Crippen molar-refractivity contribution in [3.05, 3.63) is 63.6 Å². The van der Waals surface area contributed by atoms with Gasteiger partial charge in [0.25, 0.3) is 0 Å². The van der Waals surface area contributed by atoms with E-state index in [1.165, 1.54) is 0 Å². The number of benzene rings is 1. The lowest BCUT2D eigenvalue weighted by molar-refractivity contribution is -0.140. The Morgan fingerprint density at radius 1 is 1.30 bits per heavy atom. The van der Waals surface area contributed by atoms with Crippen LogP contribution in [0.5, 0.6) is 0 Å². The van der Waals surface area contributed by atoms with E-state index in [4.69, 9.17) is 4.84 Å². The number of azo groups is 1. The summed E-state index contributed by atoms with van der Waals surface area (Å²) >= 11 is 1.64. The molecule has 1 fully saturated rings. The fourth-order valence-corrected chi connectivity index (χ4v) is 3.34. The van der Waals surface area contributed by atoms with Crippen molar-refractivity contribution in [2.24, 2.45) is 10.2 Å². The lowest BCUT2D eigenvalue weighted by atomic mass is 10.1. The second-order valence-electron chi connectivity index (χ2n) is 5.40. The molecule has 2 aromatic rings. The zero-order valence-electron chi connectivity index (χ0n) is 12.4. The third kappa shape index (κ3) is 2.54. The molecule has 0 aliphatic carbocycles. The summed E-state index contributed by atoms with van der Waals surface area (Å²) < 4.78 is 0. The fourth-order valence-electron chi connectivity index (χ4n) is 2.58. The van der Waals surface area contributed by atoms with Gasteiger partial charge in [-0.1, -0.05) is 29.4 Å². The minimum absolute atomic E-state index is 0.0224. The van der Waals surface area contributed by atoms with Gasteiger partial charge < -0.3 is 4.84 Å². The summed E-state index contributed by atoms with van der Waals surface area (Å²) in [6, 6.07) is 11.8. The smallest absolute Gasteiger partial charge is 0.345 e. The van der Waals surface area contributed by atoms with E-state index >= 15 is 0 Å². The van der Waals surface area contributed by atoms with Gasteiger partial charge in [-0.25, -0.2) is 9.80 Å². The number of nitrogens with one attached hydrogen (secondary N) is 1. The number of hydrogen-bond acceptors (Lipinski definition) is 7. The van der Waals surface area contributed by atoms with Gasteiger partial charge in [0.1, 0.15) is 6.04 Å². The third-order valence-corrected chi connectivity index (χ3v) is 4.76. The van der Waals surface area contributed by atoms with Crippen molar-refractivity contribution >= 4 is 23.0 Å². The highest BCUT2D eigenvalue weighted by Gasteiger charge is 2.35. The Kier molecular flexibility index (Phi) is 3.44. The summed E-state index contributed by atoms with van der Waals surface area (Å²) in [5, 5.41) is 12.2. The van der Waals surface area contributed by atoms with Crippen LogP contribution in [0, 0.1) is 6.92 Å². The molecule has 116 valence electrons. The van der Waals surface area contributed by atoms with Crippen molar-refractivity contribution in [1.29, 1.82) is 0 Å². The zero-order valence-corrected chi connectivity index (χ0v) is 13.2. The summed E-state index contributed by atoms with van der Waals surface area (Å²) in [4.78, 5) is 18.2. The van der Waals surface area contributed by atoms with Crippen molar-refractivity contribution in [2.45, 2.75) is 19.4 Å². The van der Waals surface area contributed by atoms with Crippen LogP contribution in [0.15, 0.2) is 63.4 Å². The maximum absolute atomic E-state index is 12.1. The molecule has 0 amide bonds. The van der Waals surface area contributed by atoms with E-state index in [0.29, 0.717) is 17.8 Å². The molecular weight excluding hydrogens is 312 g/mol. The van der Waals surface area contributed by atoms with Gasteiger partial charge in [-0.15, -0.1) is 11.3 Å². The van der Waals surface area contributed by atoms with Gasteiger partial charge in [0.15, 0.2) is 5.70 Å². The predicted octanol–water partition coefficient (Wildman–Crippen LogP) is 3.65. The van der Waals surface area contributed by atoms with Gasteiger partial charge in [0, 0.05) is 11.3 Å². The third-order valence-electron chi connectivity index (χ3n) is 3.79. The summed E-state index contributed by atoms with van der Waals surface area (Å²) in [5.41, 5.74) is 5.65. The number of carbonyl (C=O) groups excluding carboxylic acids is 1.